The first-order valence-corrected chi connectivity index (χ1v) is 11.2. The van der Waals surface area contributed by atoms with E-state index < -0.39 is 0 Å². The zero-order valence-electron chi connectivity index (χ0n) is 19.9. The largest absolute Gasteiger partial charge is 0.497 e. The van der Waals surface area contributed by atoms with Crippen molar-refractivity contribution in [2.24, 2.45) is 0 Å². The lowest BCUT2D eigenvalue weighted by Gasteiger charge is -2.27. The van der Waals surface area contributed by atoms with Gasteiger partial charge in [0.1, 0.15) is 5.75 Å². The molecule has 0 radical (unpaired) electrons. The van der Waals surface area contributed by atoms with E-state index >= 15 is 0 Å². The standard InChI is InChI=1S/C28H28N2O4/c1-28(2,3)20-12-14-21(15-13-20)29(25(31)19-8-7-9-22(18-19)34-4)16-17-30-26(32)23-10-5-6-11-24(23)27(30)33/h5-15,18H,16-17H2,1-4H3. The maximum absolute atomic E-state index is 13.6. The van der Waals surface area contributed by atoms with Crippen molar-refractivity contribution in [1.82, 2.24) is 4.90 Å². The van der Waals surface area contributed by atoms with Crippen molar-refractivity contribution in [2.45, 2.75) is 26.2 Å². The average Bonchev–Trinajstić information content (AvgIpc) is 3.08. The van der Waals surface area contributed by atoms with Gasteiger partial charge < -0.3 is 9.64 Å². The molecule has 1 aliphatic heterocycles. The van der Waals surface area contributed by atoms with Gasteiger partial charge in [-0.3, -0.25) is 19.3 Å². The van der Waals surface area contributed by atoms with Crippen molar-refractivity contribution in [3.8, 4) is 5.75 Å². The van der Waals surface area contributed by atoms with Crippen LogP contribution in [-0.4, -0.2) is 42.8 Å². The normalized spacial score (nSPS) is 13.1. The van der Waals surface area contributed by atoms with Crippen LogP contribution < -0.4 is 9.64 Å². The van der Waals surface area contributed by atoms with Crippen molar-refractivity contribution in [3.63, 3.8) is 0 Å². The fraction of sp³-hybridized carbons (Fsp3) is 0.250. The number of imide groups is 1. The van der Waals surface area contributed by atoms with Crippen molar-refractivity contribution < 1.29 is 19.1 Å². The number of hydrogen-bond donors (Lipinski definition) is 0. The molecular formula is C28H28N2O4. The summed E-state index contributed by atoms with van der Waals surface area (Å²) in [5.41, 5.74) is 3.06. The number of nitrogens with zero attached hydrogens (tertiary/aromatic N) is 2. The van der Waals surface area contributed by atoms with Crippen LogP contribution in [0.25, 0.3) is 0 Å². The van der Waals surface area contributed by atoms with Crippen molar-refractivity contribution >= 4 is 23.4 Å². The second-order valence-corrected chi connectivity index (χ2v) is 9.29. The highest BCUT2D eigenvalue weighted by Crippen LogP contribution is 2.27. The van der Waals surface area contributed by atoms with Gasteiger partial charge in [-0.2, -0.15) is 0 Å². The Labute approximate surface area is 199 Å². The molecule has 0 spiro atoms. The molecule has 0 fully saturated rings. The minimum absolute atomic E-state index is 0.0274. The van der Waals surface area contributed by atoms with Gasteiger partial charge in [-0.05, 0) is 53.4 Å². The first-order chi connectivity index (χ1) is 16.2. The minimum Gasteiger partial charge on any atom is -0.497 e. The van der Waals surface area contributed by atoms with Crippen LogP contribution in [0.4, 0.5) is 5.69 Å². The zero-order valence-corrected chi connectivity index (χ0v) is 19.9. The third-order valence-electron chi connectivity index (χ3n) is 6.03. The summed E-state index contributed by atoms with van der Waals surface area (Å²) in [4.78, 5) is 42.0. The van der Waals surface area contributed by atoms with E-state index in [-0.39, 0.29) is 36.2 Å². The molecule has 0 saturated heterocycles. The predicted molar refractivity (Wildman–Crippen MR) is 132 cm³/mol. The SMILES string of the molecule is COc1cccc(C(=O)N(CCN2C(=O)c3ccccc3C2=O)c2ccc(C(C)(C)C)cc2)c1. The van der Waals surface area contributed by atoms with E-state index in [0.29, 0.717) is 28.1 Å². The van der Waals surface area contributed by atoms with Crippen LogP contribution in [0, 0.1) is 0 Å². The van der Waals surface area contributed by atoms with Crippen molar-refractivity contribution in [3.05, 3.63) is 95.1 Å². The van der Waals surface area contributed by atoms with Crippen LogP contribution in [-0.2, 0) is 5.41 Å². The summed E-state index contributed by atoms with van der Waals surface area (Å²) in [6.45, 7) is 6.63. The third-order valence-corrected chi connectivity index (χ3v) is 6.03. The van der Waals surface area contributed by atoms with Crippen LogP contribution in [0.15, 0.2) is 72.8 Å². The Hall–Kier alpha value is -3.93. The molecule has 3 aromatic rings. The van der Waals surface area contributed by atoms with Crippen molar-refractivity contribution in [1.29, 1.82) is 0 Å². The molecule has 0 aromatic heterocycles. The summed E-state index contributed by atoms with van der Waals surface area (Å²) < 4.78 is 5.28. The summed E-state index contributed by atoms with van der Waals surface area (Å²) in [5, 5.41) is 0. The number of amides is 3. The van der Waals surface area contributed by atoms with Crippen LogP contribution in [0.2, 0.25) is 0 Å². The lowest BCUT2D eigenvalue weighted by Crippen LogP contribution is -2.41. The number of methoxy groups -OCH3 is 1. The summed E-state index contributed by atoms with van der Waals surface area (Å²) in [6.07, 6.45) is 0. The highest BCUT2D eigenvalue weighted by Gasteiger charge is 2.35. The Kier molecular flexibility index (Phi) is 6.24. The molecule has 0 aliphatic carbocycles. The molecule has 6 heteroatoms. The number of fused-ring (bicyclic) bond motifs is 1. The second kappa shape index (κ2) is 9.14. The average molecular weight is 457 g/mol. The van der Waals surface area contributed by atoms with Gasteiger partial charge in [0.05, 0.1) is 18.2 Å². The van der Waals surface area contributed by atoms with Gasteiger partial charge in [-0.25, -0.2) is 0 Å². The van der Waals surface area contributed by atoms with E-state index in [9.17, 15) is 14.4 Å². The number of carbonyl (C=O) groups excluding carboxylic acids is 3. The molecule has 34 heavy (non-hydrogen) atoms. The van der Waals surface area contributed by atoms with E-state index in [4.69, 9.17) is 4.74 Å². The summed E-state index contributed by atoms with van der Waals surface area (Å²) in [6, 6.07) is 21.5. The predicted octanol–water partition coefficient (Wildman–Crippen LogP) is 4.94. The van der Waals surface area contributed by atoms with E-state index in [2.05, 4.69) is 20.8 Å². The molecule has 0 N–H and O–H groups in total. The van der Waals surface area contributed by atoms with Gasteiger partial charge in [-0.15, -0.1) is 0 Å². The van der Waals surface area contributed by atoms with Gasteiger partial charge in [-0.1, -0.05) is 51.1 Å². The molecule has 3 aromatic carbocycles. The number of carbonyl (C=O) groups is 3. The quantitative estimate of drug-likeness (QED) is 0.493. The zero-order chi connectivity index (χ0) is 24.5. The highest BCUT2D eigenvalue weighted by molar-refractivity contribution is 6.21. The summed E-state index contributed by atoms with van der Waals surface area (Å²) in [5.74, 6) is -0.330. The fourth-order valence-electron chi connectivity index (χ4n) is 4.04. The molecular weight excluding hydrogens is 428 g/mol. The maximum Gasteiger partial charge on any atom is 0.261 e. The minimum atomic E-state index is -0.336. The third kappa shape index (κ3) is 4.44. The molecule has 0 bridgehead atoms. The molecule has 1 heterocycles. The van der Waals surface area contributed by atoms with Gasteiger partial charge in [0, 0.05) is 24.3 Å². The van der Waals surface area contributed by atoms with Gasteiger partial charge in [0.25, 0.3) is 17.7 Å². The molecule has 0 unspecified atom stereocenters. The Morgan fingerprint density at radius 2 is 1.50 bits per heavy atom. The van der Waals surface area contributed by atoms with Crippen LogP contribution in [0.1, 0.15) is 57.4 Å². The molecule has 4 rings (SSSR count). The first-order valence-electron chi connectivity index (χ1n) is 11.2. The van der Waals surface area contributed by atoms with E-state index in [1.807, 2.05) is 24.3 Å². The number of ether oxygens (including phenoxy) is 1. The second-order valence-electron chi connectivity index (χ2n) is 9.29. The van der Waals surface area contributed by atoms with Crippen LogP contribution in [0.5, 0.6) is 5.75 Å². The van der Waals surface area contributed by atoms with E-state index in [0.717, 1.165) is 5.56 Å². The number of benzene rings is 3. The number of rotatable bonds is 6. The highest BCUT2D eigenvalue weighted by atomic mass is 16.5. The smallest absolute Gasteiger partial charge is 0.261 e. The van der Waals surface area contributed by atoms with Gasteiger partial charge >= 0.3 is 0 Å². The summed E-state index contributed by atoms with van der Waals surface area (Å²) in [7, 11) is 1.55. The molecule has 3 amide bonds. The Morgan fingerprint density at radius 3 is 2.06 bits per heavy atom. The number of anilines is 1. The van der Waals surface area contributed by atoms with E-state index in [1.54, 1.807) is 60.5 Å². The molecule has 174 valence electrons. The monoisotopic (exact) mass is 456 g/mol. The first kappa shape index (κ1) is 23.2. The molecule has 1 aliphatic rings. The Bertz CT molecular complexity index is 1210. The van der Waals surface area contributed by atoms with Gasteiger partial charge in [0.15, 0.2) is 0 Å². The van der Waals surface area contributed by atoms with E-state index in [1.165, 1.54) is 4.90 Å². The Morgan fingerprint density at radius 1 is 0.882 bits per heavy atom. The molecule has 6 nitrogen and oxygen atoms in total. The van der Waals surface area contributed by atoms with Gasteiger partial charge in [0.2, 0.25) is 0 Å². The maximum atomic E-state index is 13.6. The van der Waals surface area contributed by atoms with Crippen LogP contribution >= 0.6 is 0 Å². The Balaban J connectivity index is 1.63. The lowest BCUT2D eigenvalue weighted by molar-refractivity contribution is 0.0654. The lowest BCUT2D eigenvalue weighted by atomic mass is 9.87. The van der Waals surface area contributed by atoms with Crippen molar-refractivity contribution in [2.75, 3.05) is 25.1 Å². The molecule has 0 saturated carbocycles. The topological polar surface area (TPSA) is 66.9 Å². The van der Waals surface area contributed by atoms with Crippen LogP contribution in [0.3, 0.4) is 0 Å². The fourth-order valence-corrected chi connectivity index (χ4v) is 4.04. The molecule has 0 atom stereocenters. The summed E-state index contributed by atoms with van der Waals surface area (Å²) >= 11 is 0. The number of hydrogen-bond acceptors (Lipinski definition) is 4.